The summed E-state index contributed by atoms with van der Waals surface area (Å²) < 4.78 is 36.4. The van der Waals surface area contributed by atoms with Crippen molar-refractivity contribution >= 4 is 33.3 Å². The molecule has 2 rings (SSSR count). The first-order chi connectivity index (χ1) is 12.6. The molecule has 9 nitrogen and oxygen atoms in total. The molecule has 144 valence electrons. The van der Waals surface area contributed by atoms with Crippen LogP contribution in [0.5, 0.6) is 5.75 Å². The van der Waals surface area contributed by atoms with Crippen LogP contribution in [0.25, 0.3) is 0 Å². The lowest BCUT2D eigenvalue weighted by molar-refractivity contribution is 0.172. The molecule has 0 atom stereocenters. The van der Waals surface area contributed by atoms with Crippen LogP contribution in [0, 0.1) is 0 Å². The van der Waals surface area contributed by atoms with Crippen molar-refractivity contribution in [3.8, 4) is 5.75 Å². The summed E-state index contributed by atoms with van der Waals surface area (Å²) in [5, 5.41) is 8.10. The van der Waals surface area contributed by atoms with Crippen LogP contribution in [0.15, 0.2) is 57.6 Å². The standard InChI is InChI=1S/C17H20N4O5S/c1-20(2)13-7-10-15(16(11-13)26-17(22)21(3)4)19-18-12-5-8-14(9-6-12)27(23,24)25/h5-11H,1-4H3,(H,23,24,25). The van der Waals surface area contributed by atoms with E-state index in [-0.39, 0.29) is 10.6 Å². The molecule has 0 aliphatic heterocycles. The molecule has 0 saturated carbocycles. The van der Waals surface area contributed by atoms with E-state index in [9.17, 15) is 13.2 Å². The zero-order valence-corrected chi connectivity index (χ0v) is 16.1. The number of ether oxygens (including phenoxy) is 1. The van der Waals surface area contributed by atoms with Gasteiger partial charge >= 0.3 is 6.09 Å². The summed E-state index contributed by atoms with van der Waals surface area (Å²) in [5.74, 6) is 0.234. The van der Waals surface area contributed by atoms with Crippen LogP contribution < -0.4 is 9.64 Å². The molecule has 0 spiro atoms. The van der Waals surface area contributed by atoms with Crippen molar-refractivity contribution in [1.29, 1.82) is 0 Å². The van der Waals surface area contributed by atoms with Crippen LogP contribution in [0.3, 0.4) is 0 Å². The number of nitrogens with zero attached hydrogens (tertiary/aromatic N) is 4. The maximum Gasteiger partial charge on any atom is 0.414 e. The summed E-state index contributed by atoms with van der Waals surface area (Å²) in [4.78, 5) is 14.8. The van der Waals surface area contributed by atoms with E-state index in [2.05, 4.69) is 10.2 Å². The molecule has 2 aromatic carbocycles. The van der Waals surface area contributed by atoms with Crippen LogP contribution in [0.4, 0.5) is 21.9 Å². The highest BCUT2D eigenvalue weighted by atomic mass is 32.2. The van der Waals surface area contributed by atoms with E-state index >= 15 is 0 Å². The van der Waals surface area contributed by atoms with Gasteiger partial charge in [-0.25, -0.2) is 4.79 Å². The van der Waals surface area contributed by atoms with Gasteiger partial charge in [0, 0.05) is 39.9 Å². The zero-order chi connectivity index (χ0) is 20.2. The van der Waals surface area contributed by atoms with Gasteiger partial charge in [0.15, 0.2) is 5.75 Å². The van der Waals surface area contributed by atoms with Crippen molar-refractivity contribution in [3.05, 3.63) is 42.5 Å². The fourth-order valence-corrected chi connectivity index (χ4v) is 2.41. The molecule has 0 bridgehead atoms. The van der Waals surface area contributed by atoms with E-state index in [1.807, 2.05) is 19.0 Å². The van der Waals surface area contributed by atoms with Crippen LogP contribution >= 0.6 is 0 Å². The molecular weight excluding hydrogens is 372 g/mol. The summed E-state index contributed by atoms with van der Waals surface area (Å²) in [6, 6.07) is 10.3. The second-order valence-corrected chi connectivity index (χ2v) is 7.40. The third kappa shape index (κ3) is 5.50. The molecule has 1 amide bonds. The van der Waals surface area contributed by atoms with Crippen LogP contribution in [0.1, 0.15) is 0 Å². The van der Waals surface area contributed by atoms with Gasteiger partial charge in [-0.15, -0.1) is 5.11 Å². The Morgan fingerprint density at radius 2 is 1.63 bits per heavy atom. The SMILES string of the molecule is CN(C)C(=O)Oc1cc(N(C)C)ccc1N=Nc1ccc(S(=O)(=O)O)cc1. The smallest absolute Gasteiger partial charge is 0.408 e. The largest absolute Gasteiger partial charge is 0.414 e. The number of carbonyl (C=O) groups excluding carboxylic acids is 1. The van der Waals surface area contributed by atoms with E-state index < -0.39 is 16.2 Å². The number of carbonyl (C=O) groups is 1. The highest BCUT2D eigenvalue weighted by molar-refractivity contribution is 7.85. The van der Waals surface area contributed by atoms with Crippen molar-refractivity contribution in [2.75, 3.05) is 33.1 Å². The molecule has 0 radical (unpaired) electrons. The number of anilines is 1. The summed E-state index contributed by atoms with van der Waals surface area (Å²) in [7, 11) is 2.57. The summed E-state index contributed by atoms with van der Waals surface area (Å²) in [5.41, 5.74) is 1.51. The summed E-state index contributed by atoms with van der Waals surface area (Å²) in [6.07, 6.45) is -0.556. The first-order valence-corrected chi connectivity index (χ1v) is 9.22. The Hall–Kier alpha value is -2.98. The van der Waals surface area contributed by atoms with Crippen molar-refractivity contribution in [2.45, 2.75) is 4.90 Å². The lowest BCUT2D eigenvalue weighted by atomic mass is 10.2. The maximum absolute atomic E-state index is 11.9. The van der Waals surface area contributed by atoms with E-state index in [0.717, 1.165) is 5.69 Å². The van der Waals surface area contributed by atoms with E-state index in [1.54, 1.807) is 32.3 Å². The second-order valence-electron chi connectivity index (χ2n) is 5.98. The van der Waals surface area contributed by atoms with E-state index in [0.29, 0.717) is 11.4 Å². The van der Waals surface area contributed by atoms with Gasteiger partial charge in [-0.3, -0.25) is 4.55 Å². The Balaban J connectivity index is 2.33. The molecule has 0 aliphatic rings. The lowest BCUT2D eigenvalue weighted by Crippen LogP contribution is -2.25. The fraction of sp³-hybridized carbons (Fsp3) is 0.235. The first-order valence-electron chi connectivity index (χ1n) is 7.78. The Labute approximate surface area is 157 Å². The Morgan fingerprint density at radius 3 is 2.15 bits per heavy atom. The Morgan fingerprint density at radius 1 is 1.00 bits per heavy atom. The predicted octanol–water partition coefficient (Wildman–Crippen LogP) is 3.48. The third-order valence-electron chi connectivity index (χ3n) is 3.43. The molecule has 0 fully saturated rings. The molecule has 0 saturated heterocycles. The molecule has 0 heterocycles. The van der Waals surface area contributed by atoms with Crippen molar-refractivity contribution in [2.24, 2.45) is 10.2 Å². The van der Waals surface area contributed by atoms with Gasteiger partial charge in [0.25, 0.3) is 10.1 Å². The van der Waals surface area contributed by atoms with Crippen LogP contribution in [-0.2, 0) is 10.1 Å². The third-order valence-corrected chi connectivity index (χ3v) is 4.30. The molecule has 27 heavy (non-hydrogen) atoms. The van der Waals surface area contributed by atoms with Gasteiger partial charge in [0.1, 0.15) is 5.69 Å². The van der Waals surface area contributed by atoms with Crippen molar-refractivity contribution < 1.29 is 22.5 Å². The number of rotatable bonds is 5. The lowest BCUT2D eigenvalue weighted by Gasteiger charge is -2.16. The monoisotopic (exact) mass is 392 g/mol. The number of hydrogen-bond donors (Lipinski definition) is 1. The average molecular weight is 392 g/mol. The minimum atomic E-state index is -4.27. The number of amides is 1. The van der Waals surface area contributed by atoms with Gasteiger partial charge in [-0.1, -0.05) is 0 Å². The average Bonchev–Trinajstić information content (AvgIpc) is 2.59. The molecule has 10 heteroatoms. The molecular formula is C17H20N4O5S. The van der Waals surface area contributed by atoms with E-state index in [4.69, 9.17) is 9.29 Å². The number of azo groups is 1. The molecule has 1 N–H and O–H groups in total. The molecule has 0 unspecified atom stereocenters. The highest BCUT2D eigenvalue weighted by Crippen LogP contribution is 2.33. The highest BCUT2D eigenvalue weighted by Gasteiger charge is 2.13. The Kier molecular flexibility index (Phi) is 6.13. The minimum Gasteiger partial charge on any atom is -0.408 e. The summed E-state index contributed by atoms with van der Waals surface area (Å²) in [6.45, 7) is 0. The van der Waals surface area contributed by atoms with Crippen molar-refractivity contribution in [1.82, 2.24) is 4.90 Å². The number of hydrogen-bond acceptors (Lipinski definition) is 7. The van der Waals surface area contributed by atoms with Gasteiger partial charge < -0.3 is 14.5 Å². The Bertz CT molecular complexity index is 954. The van der Waals surface area contributed by atoms with Crippen molar-refractivity contribution in [3.63, 3.8) is 0 Å². The molecule has 2 aromatic rings. The van der Waals surface area contributed by atoms with Gasteiger partial charge in [0.05, 0.1) is 10.6 Å². The van der Waals surface area contributed by atoms with Gasteiger partial charge in [-0.2, -0.15) is 13.5 Å². The van der Waals surface area contributed by atoms with Gasteiger partial charge in [0.2, 0.25) is 0 Å². The topological polar surface area (TPSA) is 112 Å². The fourth-order valence-electron chi connectivity index (χ4n) is 1.93. The van der Waals surface area contributed by atoms with Crippen LogP contribution in [-0.4, -0.2) is 52.2 Å². The first kappa shape index (κ1) is 20.3. The predicted molar refractivity (Wildman–Crippen MR) is 101 cm³/mol. The maximum atomic E-state index is 11.9. The quantitative estimate of drug-likeness (QED) is 0.616. The van der Waals surface area contributed by atoms with Gasteiger partial charge in [-0.05, 0) is 36.4 Å². The molecule has 0 aromatic heterocycles. The van der Waals surface area contributed by atoms with E-state index in [1.165, 1.54) is 29.2 Å². The number of benzene rings is 2. The minimum absolute atomic E-state index is 0.234. The normalized spacial score (nSPS) is 11.4. The summed E-state index contributed by atoms with van der Waals surface area (Å²) >= 11 is 0. The van der Waals surface area contributed by atoms with Crippen LogP contribution in [0.2, 0.25) is 0 Å². The zero-order valence-electron chi connectivity index (χ0n) is 15.3. The second kappa shape index (κ2) is 8.14. The molecule has 0 aliphatic carbocycles.